The number of carbonyl (C=O) groups excluding carboxylic acids is 1. The normalized spacial score (nSPS) is 10.7. The molecule has 2 N–H and O–H groups in total. The Balaban J connectivity index is 1.80. The molecule has 3 rings (SSSR count). The fourth-order valence-corrected chi connectivity index (χ4v) is 2.44. The minimum absolute atomic E-state index is 0.176. The van der Waals surface area contributed by atoms with Crippen molar-refractivity contribution in [3.8, 4) is 0 Å². The monoisotopic (exact) mass is 313 g/mol. The zero-order valence-electron chi connectivity index (χ0n) is 12.4. The van der Waals surface area contributed by atoms with Gasteiger partial charge in [0.1, 0.15) is 5.69 Å². The maximum Gasteiger partial charge on any atom is 0.272 e. The molecule has 0 bridgehead atoms. The van der Waals surface area contributed by atoms with Crippen molar-refractivity contribution in [2.45, 2.75) is 0 Å². The van der Waals surface area contributed by atoms with Crippen LogP contribution in [-0.4, -0.2) is 25.0 Å². The summed E-state index contributed by atoms with van der Waals surface area (Å²) in [5.74, 6) is -0.176. The molecule has 4 nitrogen and oxygen atoms in total. The first-order chi connectivity index (χ1) is 10.5. The summed E-state index contributed by atoms with van der Waals surface area (Å²) in [6, 6.07) is 15.0. The van der Waals surface area contributed by atoms with Crippen LogP contribution in [0.15, 0.2) is 48.5 Å². The summed E-state index contributed by atoms with van der Waals surface area (Å²) in [7, 11) is 3.95. The van der Waals surface area contributed by atoms with Gasteiger partial charge in [-0.15, -0.1) is 0 Å². The molecule has 0 radical (unpaired) electrons. The van der Waals surface area contributed by atoms with E-state index in [-0.39, 0.29) is 5.91 Å². The van der Waals surface area contributed by atoms with Gasteiger partial charge in [0.2, 0.25) is 0 Å². The lowest BCUT2D eigenvalue weighted by atomic mass is 10.2. The first-order valence-corrected chi connectivity index (χ1v) is 7.28. The zero-order chi connectivity index (χ0) is 15.7. The highest BCUT2D eigenvalue weighted by Gasteiger charge is 2.10. The molecule has 22 heavy (non-hydrogen) atoms. The Morgan fingerprint density at radius 2 is 1.82 bits per heavy atom. The number of carbonyl (C=O) groups is 1. The summed E-state index contributed by atoms with van der Waals surface area (Å²) in [5, 5.41) is 4.47. The van der Waals surface area contributed by atoms with Gasteiger partial charge in [-0.1, -0.05) is 17.7 Å². The van der Waals surface area contributed by atoms with Crippen LogP contribution >= 0.6 is 11.6 Å². The Bertz CT molecular complexity index is 822. The molecule has 0 spiro atoms. The molecule has 112 valence electrons. The van der Waals surface area contributed by atoms with Crippen LogP contribution in [0, 0.1) is 0 Å². The van der Waals surface area contributed by atoms with Gasteiger partial charge in [0.25, 0.3) is 5.91 Å². The van der Waals surface area contributed by atoms with Gasteiger partial charge in [0.15, 0.2) is 0 Å². The molecule has 1 amide bonds. The van der Waals surface area contributed by atoms with Gasteiger partial charge >= 0.3 is 0 Å². The lowest BCUT2D eigenvalue weighted by Crippen LogP contribution is -2.12. The van der Waals surface area contributed by atoms with Crippen LogP contribution in [0.25, 0.3) is 10.9 Å². The molecule has 0 aliphatic carbocycles. The molecule has 0 saturated carbocycles. The Morgan fingerprint density at radius 1 is 1.09 bits per heavy atom. The second kappa shape index (κ2) is 5.73. The quantitative estimate of drug-likeness (QED) is 0.763. The van der Waals surface area contributed by atoms with E-state index in [1.807, 2.05) is 55.4 Å². The van der Waals surface area contributed by atoms with E-state index >= 15 is 0 Å². The van der Waals surface area contributed by atoms with Crippen LogP contribution in [-0.2, 0) is 0 Å². The molecule has 0 saturated heterocycles. The Morgan fingerprint density at radius 3 is 2.50 bits per heavy atom. The Hall–Kier alpha value is -2.46. The highest BCUT2D eigenvalue weighted by Crippen LogP contribution is 2.21. The van der Waals surface area contributed by atoms with Gasteiger partial charge in [-0.25, -0.2) is 0 Å². The smallest absolute Gasteiger partial charge is 0.272 e. The van der Waals surface area contributed by atoms with Crippen LogP contribution in [0.4, 0.5) is 11.4 Å². The average molecular weight is 314 g/mol. The maximum absolute atomic E-state index is 12.3. The number of fused-ring (bicyclic) bond motifs is 1. The molecule has 0 aliphatic rings. The number of nitrogens with one attached hydrogen (secondary N) is 2. The summed E-state index contributed by atoms with van der Waals surface area (Å²) >= 11 is 5.95. The van der Waals surface area contributed by atoms with Crippen LogP contribution in [0.5, 0.6) is 0 Å². The first-order valence-electron chi connectivity index (χ1n) is 6.90. The fourth-order valence-electron chi connectivity index (χ4n) is 2.26. The third-order valence-corrected chi connectivity index (χ3v) is 3.71. The molecule has 0 fully saturated rings. The number of amides is 1. The predicted octanol–water partition coefficient (Wildman–Crippen LogP) is 4.14. The number of anilines is 2. The van der Waals surface area contributed by atoms with E-state index in [4.69, 9.17) is 11.6 Å². The molecule has 1 heterocycles. The number of benzene rings is 2. The molecule has 2 aromatic carbocycles. The number of hydrogen-bond acceptors (Lipinski definition) is 2. The second-order valence-electron chi connectivity index (χ2n) is 5.31. The van der Waals surface area contributed by atoms with Crippen molar-refractivity contribution >= 4 is 39.8 Å². The minimum Gasteiger partial charge on any atom is -0.378 e. The average Bonchev–Trinajstić information content (AvgIpc) is 2.91. The van der Waals surface area contributed by atoms with Crippen LogP contribution in [0.1, 0.15) is 10.5 Å². The second-order valence-corrected chi connectivity index (χ2v) is 5.75. The van der Waals surface area contributed by atoms with Crippen molar-refractivity contribution in [2.75, 3.05) is 24.3 Å². The number of halogens is 1. The molecular weight excluding hydrogens is 298 g/mol. The summed E-state index contributed by atoms with van der Waals surface area (Å²) < 4.78 is 0. The van der Waals surface area contributed by atoms with Gasteiger partial charge in [0.05, 0.1) is 0 Å². The van der Waals surface area contributed by atoms with Crippen molar-refractivity contribution in [2.24, 2.45) is 0 Å². The van der Waals surface area contributed by atoms with Gasteiger partial charge in [-0.2, -0.15) is 0 Å². The van der Waals surface area contributed by atoms with E-state index in [2.05, 4.69) is 10.3 Å². The van der Waals surface area contributed by atoms with Gasteiger partial charge in [0, 0.05) is 41.4 Å². The van der Waals surface area contributed by atoms with Gasteiger partial charge < -0.3 is 15.2 Å². The highest BCUT2D eigenvalue weighted by atomic mass is 35.5. The number of H-pyrrole nitrogens is 1. The number of aromatic nitrogens is 1. The molecule has 0 unspecified atom stereocenters. The van der Waals surface area contributed by atoms with E-state index in [9.17, 15) is 4.79 Å². The largest absolute Gasteiger partial charge is 0.378 e. The first kappa shape index (κ1) is 14.5. The molecular formula is C17H16ClN3O. The Labute approximate surface area is 133 Å². The number of aromatic amines is 1. The van der Waals surface area contributed by atoms with Crippen LogP contribution < -0.4 is 10.2 Å². The fraction of sp³-hybridized carbons (Fsp3) is 0.118. The third-order valence-electron chi connectivity index (χ3n) is 3.47. The lowest BCUT2D eigenvalue weighted by Gasteiger charge is -2.12. The Kier molecular flexibility index (Phi) is 3.77. The van der Waals surface area contributed by atoms with Crippen LogP contribution in [0.3, 0.4) is 0 Å². The number of rotatable bonds is 3. The predicted molar refractivity (Wildman–Crippen MR) is 92.0 cm³/mol. The topological polar surface area (TPSA) is 48.1 Å². The SMILES string of the molecule is CN(C)c1ccc(NC(=O)c2cc3ccc(Cl)cc3[nH]2)cc1. The molecule has 3 aromatic rings. The van der Waals surface area contributed by atoms with E-state index < -0.39 is 0 Å². The van der Waals surface area contributed by atoms with Crippen molar-refractivity contribution in [1.82, 2.24) is 4.98 Å². The molecule has 0 aliphatic heterocycles. The minimum atomic E-state index is -0.176. The lowest BCUT2D eigenvalue weighted by molar-refractivity contribution is 0.102. The van der Waals surface area contributed by atoms with Crippen molar-refractivity contribution in [3.05, 3.63) is 59.2 Å². The standard InChI is InChI=1S/C17H16ClN3O/c1-21(2)14-7-5-13(6-8-14)19-17(22)16-9-11-3-4-12(18)10-15(11)20-16/h3-10,20H,1-2H3,(H,19,22). The van der Waals surface area contributed by atoms with Crippen molar-refractivity contribution in [3.63, 3.8) is 0 Å². The van der Waals surface area contributed by atoms with E-state index in [0.29, 0.717) is 10.7 Å². The summed E-state index contributed by atoms with van der Waals surface area (Å²) in [4.78, 5) is 17.4. The summed E-state index contributed by atoms with van der Waals surface area (Å²) in [6.07, 6.45) is 0. The highest BCUT2D eigenvalue weighted by molar-refractivity contribution is 6.31. The van der Waals surface area contributed by atoms with Gasteiger partial charge in [-0.3, -0.25) is 4.79 Å². The maximum atomic E-state index is 12.3. The molecule has 1 aromatic heterocycles. The van der Waals surface area contributed by atoms with E-state index in [0.717, 1.165) is 22.3 Å². The zero-order valence-corrected chi connectivity index (χ0v) is 13.1. The van der Waals surface area contributed by atoms with Crippen molar-refractivity contribution in [1.29, 1.82) is 0 Å². The molecule has 5 heteroatoms. The van der Waals surface area contributed by atoms with E-state index in [1.54, 1.807) is 12.1 Å². The van der Waals surface area contributed by atoms with Gasteiger partial charge in [-0.05, 0) is 42.5 Å². The summed E-state index contributed by atoms with van der Waals surface area (Å²) in [6.45, 7) is 0. The number of hydrogen-bond donors (Lipinski definition) is 2. The van der Waals surface area contributed by atoms with Crippen molar-refractivity contribution < 1.29 is 4.79 Å². The third kappa shape index (κ3) is 2.92. The summed E-state index contributed by atoms with van der Waals surface area (Å²) in [5.41, 5.74) is 3.19. The number of nitrogens with zero attached hydrogens (tertiary/aromatic N) is 1. The molecule has 0 atom stereocenters. The van der Waals surface area contributed by atoms with Crippen LogP contribution in [0.2, 0.25) is 5.02 Å². The van der Waals surface area contributed by atoms with E-state index in [1.165, 1.54) is 0 Å².